The SMILES string of the molecule is Cl.Cl.O=[N+]([O-])c1ccc2[nH]c(O)c(C3=Nc4ccccc4/C3=N\OCCN3CCNCC3)c2c1. The maximum absolute atomic E-state index is 11.3. The number of para-hydroxylation sites is 1. The Labute approximate surface area is 207 Å². The van der Waals surface area contributed by atoms with Crippen LogP contribution in [0.4, 0.5) is 11.4 Å². The molecule has 3 N–H and O–H groups in total. The number of rotatable bonds is 6. The average molecular weight is 507 g/mol. The smallest absolute Gasteiger partial charge is 0.270 e. The van der Waals surface area contributed by atoms with Crippen molar-refractivity contribution in [3.05, 3.63) is 63.7 Å². The van der Waals surface area contributed by atoms with Crippen molar-refractivity contribution >= 4 is 58.5 Å². The zero-order valence-electron chi connectivity index (χ0n) is 18.1. The van der Waals surface area contributed by atoms with E-state index in [9.17, 15) is 15.2 Å². The van der Waals surface area contributed by atoms with Crippen molar-refractivity contribution in [2.45, 2.75) is 0 Å². The second-order valence-electron chi connectivity index (χ2n) is 7.68. The fourth-order valence-electron chi connectivity index (χ4n) is 4.07. The molecule has 1 saturated heterocycles. The normalized spacial score (nSPS) is 16.5. The number of non-ortho nitro benzene ring substituents is 1. The molecule has 0 saturated carbocycles. The maximum Gasteiger partial charge on any atom is 0.270 e. The Kier molecular flexibility index (Phi) is 8.11. The van der Waals surface area contributed by atoms with E-state index >= 15 is 0 Å². The lowest BCUT2D eigenvalue weighted by Gasteiger charge is -2.26. The molecular formula is C22H24Cl2N6O4. The number of oxime groups is 1. The Hall–Kier alpha value is -3.18. The number of H-pyrrole nitrogens is 1. The van der Waals surface area contributed by atoms with Gasteiger partial charge in [-0.25, -0.2) is 4.99 Å². The van der Waals surface area contributed by atoms with Crippen molar-refractivity contribution in [2.24, 2.45) is 10.1 Å². The highest BCUT2D eigenvalue weighted by Gasteiger charge is 2.30. The number of aromatic nitrogens is 1. The number of halogens is 2. The van der Waals surface area contributed by atoms with Gasteiger partial charge in [-0.2, -0.15) is 0 Å². The van der Waals surface area contributed by atoms with E-state index in [2.05, 4.69) is 25.3 Å². The molecule has 1 aromatic heterocycles. The first-order valence-corrected chi connectivity index (χ1v) is 10.4. The molecule has 2 aromatic carbocycles. The molecule has 2 aliphatic heterocycles. The van der Waals surface area contributed by atoms with Crippen LogP contribution in [0.15, 0.2) is 52.6 Å². The summed E-state index contributed by atoms with van der Waals surface area (Å²) in [6, 6.07) is 11.9. The van der Waals surface area contributed by atoms with Crippen LogP contribution in [0, 0.1) is 10.1 Å². The summed E-state index contributed by atoms with van der Waals surface area (Å²) in [6.45, 7) is 5.05. The molecule has 0 unspecified atom stereocenters. The highest BCUT2D eigenvalue weighted by molar-refractivity contribution is 6.58. The zero-order valence-corrected chi connectivity index (χ0v) is 19.7. The number of nitrogens with one attached hydrogen (secondary N) is 2. The van der Waals surface area contributed by atoms with Crippen molar-refractivity contribution < 1.29 is 14.9 Å². The molecule has 12 heteroatoms. The van der Waals surface area contributed by atoms with Gasteiger partial charge >= 0.3 is 0 Å². The van der Waals surface area contributed by atoms with Crippen molar-refractivity contribution in [1.82, 2.24) is 15.2 Å². The van der Waals surface area contributed by atoms with E-state index < -0.39 is 4.92 Å². The first kappa shape index (κ1) is 25.4. The number of hydrogen-bond acceptors (Lipinski definition) is 8. The van der Waals surface area contributed by atoms with Crippen LogP contribution < -0.4 is 5.32 Å². The van der Waals surface area contributed by atoms with Crippen LogP contribution in [0.25, 0.3) is 10.9 Å². The summed E-state index contributed by atoms with van der Waals surface area (Å²) < 4.78 is 0. The number of benzene rings is 2. The number of aromatic amines is 1. The van der Waals surface area contributed by atoms with Gasteiger partial charge in [0.1, 0.15) is 18.0 Å². The summed E-state index contributed by atoms with van der Waals surface area (Å²) in [5.74, 6) is -0.124. The fraction of sp³-hybridized carbons (Fsp3) is 0.273. The Morgan fingerprint density at radius 2 is 1.94 bits per heavy atom. The third-order valence-electron chi connectivity index (χ3n) is 5.69. The van der Waals surface area contributed by atoms with Crippen LogP contribution in [-0.2, 0) is 4.84 Å². The van der Waals surface area contributed by atoms with Crippen LogP contribution >= 0.6 is 24.8 Å². The van der Waals surface area contributed by atoms with Gasteiger partial charge in [0, 0.05) is 61.3 Å². The predicted octanol–water partition coefficient (Wildman–Crippen LogP) is 3.39. The standard InChI is InChI=1S/C22H22N6O4.2ClH/c29-22-19(16-13-14(28(30)31)5-6-18(16)25-22)21-20(15-3-1-2-4-17(15)24-21)26-32-12-11-27-9-7-23-8-10-27;;/h1-6,13,23,25,29H,7-12H2;2*1H/b26-20+;;. The van der Waals surface area contributed by atoms with Crippen molar-refractivity contribution in [3.8, 4) is 5.88 Å². The third kappa shape index (κ3) is 4.85. The Balaban J connectivity index is 0.00000162. The summed E-state index contributed by atoms with van der Waals surface area (Å²) in [6.07, 6.45) is 0. The minimum absolute atomic E-state index is 0. The number of aromatic hydroxyl groups is 1. The number of piperazine rings is 1. The van der Waals surface area contributed by atoms with E-state index in [1.54, 1.807) is 6.07 Å². The summed E-state index contributed by atoms with van der Waals surface area (Å²) in [7, 11) is 0. The molecule has 2 aliphatic rings. The van der Waals surface area contributed by atoms with E-state index in [4.69, 9.17) is 4.84 Å². The molecule has 0 spiro atoms. The van der Waals surface area contributed by atoms with E-state index in [1.807, 2.05) is 24.3 Å². The third-order valence-corrected chi connectivity index (χ3v) is 5.69. The van der Waals surface area contributed by atoms with Crippen molar-refractivity contribution in [2.75, 3.05) is 39.3 Å². The molecule has 5 rings (SSSR count). The quantitative estimate of drug-likeness (QED) is 0.267. The van der Waals surface area contributed by atoms with Gasteiger partial charge in [0.2, 0.25) is 0 Å². The first-order chi connectivity index (χ1) is 15.6. The molecule has 0 aliphatic carbocycles. The lowest BCUT2D eigenvalue weighted by Crippen LogP contribution is -2.44. The average Bonchev–Trinajstić information content (AvgIpc) is 3.33. The number of hydrogen-bond donors (Lipinski definition) is 3. The molecule has 3 aromatic rings. The van der Waals surface area contributed by atoms with Gasteiger partial charge in [0.25, 0.3) is 5.69 Å². The van der Waals surface area contributed by atoms with Gasteiger partial charge < -0.3 is 20.2 Å². The lowest BCUT2D eigenvalue weighted by atomic mass is 10.0. The summed E-state index contributed by atoms with van der Waals surface area (Å²) in [5.41, 5.74) is 3.25. The van der Waals surface area contributed by atoms with E-state index in [0.29, 0.717) is 40.2 Å². The monoisotopic (exact) mass is 506 g/mol. The van der Waals surface area contributed by atoms with Crippen molar-refractivity contribution in [1.29, 1.82) is 0 Å². The van der Waals surface area contributed by atoms with Gasteiger partial charge in [-0.05, 0) is 12.1 Å². The molecule has 180 valence electrons. The fourth-order valence-corrected chi connectivity index (χ4v) is 4.07. The number of nitro benzene ring substituents is 1. The molecule has 0 atom stereocenters. The highest BCUT2D eigenvalue weighted by Crippen LogP contribution is 2.36. The topological polar surface area (TPSA) is 128 Å². The molecule has 34 heavy (non-hydrogen) atoms. The summed E-state index contributed by atoms with van der Waals surface area (Å²) in [4.78, 5) is 26.3. The van der Waals surface area contributed by atoms with Crippen LogP contribution in [-0.4, -0.2) is 70.7 Å². The van der Waals surface area contributed by atoms with Gasteiger partial charge in [0.15, 0.2) is 5.88 Å². The molecule has 3 heterocycles. The second kappa shape index (κ2) is 10.8. The largest absolute Gasteiger partial charge is 0.494 e. The molecule has 0 amide bonds. The van der Waals surface area contributed by atoms with E-state index in [-0.39, 0.29) is 36.4 Å². The summed E-state index contributed by atoms with van der Waals surface area (Å²) >= 11 is 0. The van der Waals surface area contributed by atoms with Gasteiger partial charge in [0.05, 0.1) is 16.2 Å². The Morgan fingerprint density at radius 1 is 1.18 bits per heavy atom. The number of nitrogens with zero attached hydrogens (tertiary/aromatic N) is 4. The van der Waals surface area contributed by atoms with Crippen LogP contribution in [0.2, 0.25) is 0 Å². The number of nitro groups is 1. The Bertz CT molecular complexity index is 1250. The zero-order chi connectivity index (χ0) is 22.1. The molecule has 1 fully saturated rings. The lowest BCUT2D eigenvalue weighted by molar-refractivity contribution is -0.384. The highest BCUT2D eigenvalue weighted by atomic mass is 35.5. The maximum atomic E-state index is 11.3. The molecule has 0 radical (unpaired) electrons. The predicted molar refractivity (Wildman–Crippen MR) is 136 cm³/mol. The number of fused-ring (bicyclic) bond motifs is 2. The second-order valence-corrected chi connectivity index (χ2v) is 7.68. The van der Waals surface area contributed by atoms with Crippen LogP contribution in [0.3, 0.4) is 0 Å². The first-order valence-electron chi connectivity index (χ1n) is 10.4. The van der Waals surface area contributed by atoms with Gasteiger partial charge in [-0.15, -0.1) is 24.8 Å². The minimum Gasteiger partial charge on any atom is -0.494 e. The van der Waals surface area contributed by atoms with Crippen molar-refractivity contribution in [3.63, 3.8) is 0 Å². The molecule has 10 nitrogen and oxygen atoms in total. The summed E-state index contributed by atoms with van der Waals surface area (Å²) in [5, 5.41) is 30.1. The van der Waals surface area contributed by atoms with Crippen LogP contribution in [0.5, 0.6) is 5.88 Å². The molecule has 0 bridgehead atoms. The minimum atomic E-state index is -0.466. The van der Waals surface area contributed by atoms with E-state index in [0.717, 1.165) is 38.3 Å². The Morgan fingerprint density at radius 3 is 2.71 bits per heavy atom. The molecular weight excluding hydrogens is 483 g/mol. The van der Waals surface area contributed by atoms with Gasteiger partial charge in [-0.1, -0.05) is 23.4 Å². The van der Waals surface area contributed by atoms with Gasteiger partial charge in [-0.3, -0.25) is 15.0 Å². The van der Waals surface area contributed by atoms with E-state index in [1.165, 1.54) is 12.1 Å². The van der Waals surface area contributed by atoms with Crippen LogP contribution in [0.1, 0.15) is 11.1 Å². The number of aliphatic imine (C=N–C) groups is 1.